The topological polar surface area (TPSA) is 12.9 Å². The number of aromatic nitrogens is 1. The minimum absolute atomic E-state index is 0.301. The van der Waals surface area contributed by atoms with Gasteiger partial charge in [0.25, 0.3) is 0 Å². The van der Waals surface area contributed by atoms with Crippen molar-refractivity contribution >= 4 is 27.5 Å². The lowest BCUT2D eigenvalue weighted by atomic mass is 10.4. The Bertz CT molecular complexity index is 241. The highest BCUT2D eigenvalue weighted by Crippen LogP contribution is 2.19. The van der Waals surface area contributed by atoms with E-state index in [0.29, 0.717) is 15.3 Å². The molecule has 0 amide bonds. The third-order valence-electron chi connectivity index (χ3n) is 0.998. The summed E-state index contributed by atoms with van der Waals surface area (Å²) in [7, 11) is 0. The standard InChI is InChI=1S/C6H4BrClFN/c7-5-2-1-4(3-9)10-6(5)8/h1-2H,3H2. The predicted molar refractivity (Wildman–Crippen MR) is 41.8 cm³/mol. The largest absolute Gasteiger partial charge is 0.244 e. The van der Waals surface area contributed by atoms with Crippen LogP contribution < -0.4 is 0 Å². The van der Waals surface area contributed by atoms with E-state index < -0.39 is 6.67 Å². The van der Waals surface area contributed by atoms with Crippen LogP contribution in [0.4, 0.5) is 4.39 Å². The Morgan fingerprint density at radius 1 is 1.60 bits per heavy atom. The van der Waals surface area contributed by atoms with Gasteiger partial charge in [0.05, 0.1) is 10.2 Å². The molecule has 0 atom stereocenters. The molecule has 10 heavy (non-hydrogen) atoms. The van der Waals surface area contributed by atoms with Gasteiger partial charge in [0.1, 0.15) is 11.8 Å². The molecule has 54 valence electrons. The molecular formula is C6H4BrClFN. The monoisotopic (exact) mass is 223 g/mol. The Labute approximate surface area is 71.4 Å². The second-order valence-corrected chi connectivity index (χ2v) is 2.92. The van der Waals surface area contributed by atoms with Crippen LogP contribution in [0.3, 0.4) is 0 Å². The molecule has 0 unspecified atom stereocenters. The van der Waals surface area contributed by atoms with Gasteiger partial charge in [0.2, 0.25) is 0 Å². The van der Waals surface area contributed by atoms with Gasteiger partial charge in [-0.1, -0.05) is 11.6 Å². The number of hydrogen-bond donors (Lipinski definition) is 0. The van der Waals surface area contributed by atoms with Gasteiger partial charge in [-0.3, -0.25) is 0 Å². The van der Waals surface area contributed by atoms with Gasteiger partial charge < -0.3 is 0 Å². The molecule has 0 bridgehead atoms. The molecule has 0 aliphatic carbocycles. The Balaban J connectivity index is 3.04. The average molecular weight is 224 g/mol. The third-order valence-corrected chi connectivity index (χ3v) is 2.15. The highest BCUT2D eigenvalue weighted by molar-refractivity contribution is 9.10. The van der Waals surface area contributed by atoms with Crippen molar-refractivity contribution < 1.29 is 4.39 Å². The first-order valence-corrected chi connectivity index (χ1v) is 3.78. The maximum absolute atomic E-state index is 11.9. The summed E-state index contributed by atoms with van der Waals surface area (Å²) in [5.74, 6) is 0. The van der Waals surface area contributed by atoms with Crippen molar-refractivity contribution in [2.24, 2.45) is 0 Å². The van der Waals surface area contributed by atoms with Crippen LogP contribution in [0.2, 0.25) is 5.15 Å². The lowest BCUT2D eigenvalue weighted by Crippen LogP contribution is -1.85. The van der Waals surface area contributed by atoms with E-state index in [9.17, 15) is 4.39 Å². The summed E-state index contributed by atoms with van der Waals surface area (Å²) in [5.41, 5.74) is 0.355. The molecule has 0 radical (unpaired) electrons. The summed E-state index contributed by atoms with van der Waals surface area (Å²) in [6.45, 7) is -0.576. The summed E-state index contributed by atoms with van der Waals surface area (Å²) in [6.07, 6.45) is 0. The Hall–Kier alpha value is -0.150. The summed E-state index contributed by atoms with van der Waals surface area (Å²) in [6, 6.07) is 3.25. The first-order valence-electron chi connectivity index (χ1n) is 2.61. The molecule has 1 heterocycles. The van der Waals surface area contributed by atoms with Crippen molar-refractivity contribution in [3.8, 4) is 0 Å². The maximum Gasteiger partial charge on any atom is 0.143 e. The van der Waals surface area contributed by atoms with E-state index in [4.69, 9.17) is 11.6 Å². The van der Waals surface area contributed by atoms with Gasteiger partial charge >= 0.3 is 0 Å². The number of nitrogens with zero attached hydrogens (tertiary/aromatic N) is 1. The lowest BCUT2D eigenvalue weighted by Gasteiger charge is -1.95. The van der Waals surface area contributed by atoms with Crippen molar-refractivity contribution in [2.45, 2.75) is 6.67 Å². The van der Waals surface area contributed by atoms with Crippen molar-refractivity contribution in [3.05, 3.63) is 27.5 Å². The second kappa shape index (κ2) is 3.30. The van der Waals surface area contributed by atoms with Gasteiger partial charge in [-0.2, -0.15) is 0 Å². The van der Waals surface area contributed by atoms with E-state index in [0.717, 1.165) is 0 Å². The minimum Gasteiger partial charge on any atom is -0.244 e. The number of halogens is 3. The normalized spacial score (nSPS) is 9.90. The number of rotatable bonds is 1. The number of pyridine rings is 1. The van der Waals surface area contributed by atoms with E-state index in [1.54, 1.807) is 12.1 Å². The van der Waals surface area contributed by atoms with Crippen molar-refractivity contribution in [1.29, 1.82) is 0 Å². The summed E-state index contributed by atoms with van der Waals surface area (Å²) < 4.78 is 12.6. The number of alkyl halides is 1. The third kappa shape index (κ3) is 1.67. The molecule has 1 aromatic heterocycles. The van der Waals surface area contributed by atoms with Gasteiger partial charge in [0, 0.05) is 0 Å². The van der Waals surface area contributed by atoms with Crippen molar-refractivity contribution in [2.75, 3.05) is 0 Å². The van der Waals surface area contributed by atoms with Crippen molar-refractivity contribution in [3.63, 3.8) is 0 Å². The molecule has 0 aromatic carbocycles. The first-order chi connectivity index (χ1) is 4.74. The van der Waals surface area contributed by atoms with Gasteiger partial charge in [-0.05, 0) is 28.1 Å². The van der Waals surface area contributed by atoms with Crippen LogP contribution in [-0.2, 0) is 6.67 Å². The second-order valence-electron chi connectivity index (χ2n) is 1.71. The zero-order chi connectivity index (χ0) is 7.56. The molecule has 0 fully saturated rings. The fourth-order valence-corrected chi connectivity index (χ4v) is 0.922. The molecule has 0 aliphatic heterocycles. The molecule has 0 N–H and O–H groups in total. The summed E-state index contributed by atoms with van der Waals surface area (Å²) in [5, 5.41) is 0.301. The number of hydrogen-bond acceptors (Lipinski definition) is 1. The van der Waals surface area contributed by atoms with Crippen LogP contribution in [0.25, 0.3) is 0 Å². The van der Waals surface area contributed by atoms with Crippen LogP contribution in [0.5, 0.6) is 0 Å². The summed E-state index contributed by atoms with van der Waals surface area (Å²) in [4.78, 5) is 3.73. The van der Waals surface area contributed by atoms with Crippen LogP contribution in [0.1, 0.15) is 5.69 Å². The predicted octanol–water partition coefficient (Wildman–Crippen LogP) is 2.97. The zero-order valence-corrected chi connectivity index (χ0v) is 7.28. The van der Waals surface area contributed by atoms with Gasteiger partial charge in [-0.25, -0.2) is 9.37 Å². The first kappa shape index (κ1) is 7.95. The van der Waals surface area contributed by atoms with E-state index in [1.165, 1.54) is 0 Å². The molecule has 1 aromatic rings. The summed E-state index contributed by atoms with van der Waals surface area (Å²) >= 11 is 8.71. The highest BCUT2D eigenvalue weighted by atomic mass is 79.9. The Morgan fingerprint density at radius 3 is 2.80 bits per heavy atom. The average Bonchev–Trinajstić information content (AvgIpc) is 1.95. The van der Waals surface area contributed by atoms with Gasteiger partial charge in [0.15, 0.2) is 0 Å². The van der Waals surface area contributed by atoms with Crippen LogP contribution in [0.15, 0.2) is 16.6 Å². The lowest BCUT2D eigenvalue weighted by molar-refractivity contribution is 0.476. The zero-order valence-electron chi connectivity index (χ0n) is 4.94. The van der Waals surface area contributed by atoms with E-state index >= 15 is 0 Å². The molecule has 0 saturated carbocycles. The van der Waals surface area contributed by atoms with Crippen LogP contribution in [-0.4, -0.2) is 4.98 Å². The van der Waals surface area contributed by atoms with E-state index in [2.05, 4.69) is 20.9 Å². The van der Waals surface area contributed by atoms with Gasteiger partial charge in [-0.15, -0.1) is 0 Å². The molecule has 1 rings (SSSR count). The molecule has 4 heteroatoms. The molecule has 0 saturated heterocycles. The van der Waals surface area contributed by atoms with Crippen molar-refractivity contribution in [1.82, 2.24) is 4.98 Å². The molecule has 1 nitrogen and oxygen atoms in total. The molecule has 0 aliphatic rings. The van der Waals surface area contributed by atoms with Crippen LogP contribution >= 0.6 is 27.5 Å². The van der Waals surface area contributed by atoms with Crippen LogP contribution in [0, 0.1) is 0 Å². The Kier molecular flexibility index (Phi) is 2.63. The van der Waals surface area contributed by atoms with E-state index in [-0.39, 0.29) is 0 Å². The quantitative estimate of drug-likeness (QED) is 0.668. The Morgan fingerprint density at radius 2 is 2.30 bits per heavy atom. The van der Waals surface area contributed by atoms with E-state index in [1.807, 2.05) is 0 Å². The molecular weight excluding hydrogens is 220 g/mol. The minimum atomic E-state index is -0.576. The smallest absolute Gasteiger partial charge is 0.143 e. The highest BCUT2D eigenvalue weighted by Gasteiger charge is 1.98. The fourth-order valence-electron chi connectivity index (χ4n) is 0.529. The SMILES string of the molecule is FCc1ccc(Br)c(Cl)n1. The fraction of sp³-hybridized carbons (Fsp3) is 0.167. The maximum atomic E-state index is 11.9. The molecule has 0 spiro atoms.